The predicted molar refractivity (Wildman–Crippen MR) is 103 cm³/mol. The molecule has 2 rings (SSSR count). The van der Waals surface area contributed by atoms with Gasteiger partial charge in [0.25, 0.3) is 11.2 Å². The molecule has 0 aliphatic heterocycles. The summed E-state index contributed by atoms with van der Waals surface area (Å²) in [5, 5.41) is 22.3. The van der Waals surface area contributed by atoms with Crippen LogP contribution in [0.4, 0.5) is 11.4 Å². The first-order valence-electron chi connectivity index (χ1n) is 7.75. The van der Waals surface area contributed by atoms with Crippen LogP contribution in [0.15, 0.2) is 23.0 Å². The van der Waals surface area contributed by atoms with Gasteiger partial charge in [-0.15, -0.1) is 0 Å². The van der Waals surface area contributed by atoms with Crippen molar-refractivity contribution >= 4 is 40.5 Å². The number of carbonyl (C=O) groups excluding carboxylic acids is 1. The molecule has 11 heteroatoms. The van der Waals surface area contributed by atoms with Crippen LogP contribution < -0.4 is 10.9 Å². The highest BCUT2D eigenvalue weighted by molar-refractivity contribution is 6.40. The Morgan fingerprint density at radius 2 is 1.96 bits per heavy atom. The van der Waals surface area contributed by atoms with E-state index in [9.17, 15) is 25.0 Å². The van der Waals surface area contributed by atoms with Crippen molar-refractivity contribution < 1.29 is 14.5 Å². The lowest BCUT2D eigenvalue weighted by molar-refractivity contribution is -0.384. The maximum absolute atomic E-state index is 12.5. The summed E-state index contributed by atoms with van der Waals surface area (Å²) in [6.07, 6.45) is 0. The van der Waals surface area contributed by atoms with Crippen LogP contribution in [0.5, 0.6) is 0 Å². The normalized spacial score (nSPS) is 10.4. The molecule has 1 N–H and O–H groups in total. The van der Waals surface area contributed by atoms with Crippen LogP contribution >= 0.6 is 23.2 Å². The average molecular weight is 425 g/mol. The largest absolute Gasteiger partial charge is 0.380 e. The van der Waals surface area contributed by atoms with Crippen LogP contribution in [0.2, 0.25) is 10.0 Å². The number of methoxy groups -OCH3 is 1. The molecule has 0 fully saturated rings. The summed E-state index contributed by atoms with van der Waals surface area (Å²) in [6.45, 7) is 1.29. The van der Waals surface area contributed by atoms with Gasteiger partial charge in [-0.05, 0) is 13.0 Å². The average Bonchev–Trinajstić information content (AvgIpc) is 2.62. The number of nitrogens with zero attached hydrogens (tertiary/aromatic N) is 3. The van der Waals surface area contributed by atoms with Gasteiger partial charge < -0.3 is 14.6 Å². The summed E-state index contributed by atoms with van der Waals surface area (Å²) in [6, 6.07) is 5.51. The fourth-order valence-electron chi connectivity index (χ4n) is 2.53. The van der Waals surface area contributed by atoms with Crippen LogP contribution in [0.1, 0.15) is 16.8 Å². The van der Waals surface area contributed by atoms with E-state index in [2.05, 4.69) is 5.32 Å². The molecular weight excluding hydrogens is 411 g/mol. The van der Waals surface area contributed by atoms with Crippen molar-refractivity contribution in [1.29, 1.82) is 5.26 Å². The Kier molecular flexibility index (Phi) is 6.75. The highest BCUT2D eigenvalue weighted by atomic mass is 35.5. The minimum atomic E-state index is -0.669. The number of pyridine rings is 1. The van der Waals surface area contributed by atoms with Crippen molar-refractivity contribution in [2.24, 2.45) is 0 Å². The Bertz CT molecular complexity index is 1040. The number of benzene rings is 1. The van der Waals surface area contributed by atoms with Gasteiger partial charge in [0.1, 0.15) is 18.2 Å². The molecule has 1 amide bonds. The van der Waals surface area contributed by atoms with Crippen LogP contribution in [-0.2, 0) is 22.7 Å². The number of hydrogen-bond donors (Lipinski definition) is 1. The van der Waals surface area contributed by atoms with Gasteiger partial charge >= 0.3 is 0 Å². The number of aryl methyl sites for hydroxylation is 1. The third-order valence-electron chi connectivity index (χ3n) is 3.80. The van der Waals surface area contributed by atoms with Crippen LogP contribution in [0.3, 0.4) is 0 Å². The molecule has 0 aliphatic carbocycles. The van der Waals surface area contributed by atoms with Crippen molar-refractivity contribution in [3.8, 4) is 6.07 Å². The van der Waals surface area contributed by atoms with Gasteiger partial charge in [-0.1, -0.05) is 23.2 Å². The molecule has 0 unspecified atom stereocenters. The van der Waals surface area contributed by atoms with E-state index in [0.29, 0.717) is 11.3 Å². The van der Waals surface area contributed by atoms with Gasteiger partial charge in [-0.2, -0.15) is 5.26 Å². The second-order valence-corrected chi connectivity index (χ2v) is 6.53. The van der Waals surface area contributed by atoms with Gasteiger partial charge in [0.15, 0.2) is 0 Å². The van der Waals surface area contributed by atoms with E-state index in [1.54, 1.807) is 13.0 Å². The van der Waals surface area contributed by atoms with Crippen LogP contribution in [-0.4, -0.2) is 22.5 Å². The molecule has 0 saturated heterocycles. The molecule has 28 heavy (non-hydrogen) atoms. The third-order valence-corrected chi connectivity index (χ3v) is 4.40. The molecule has 0 aliphatic rings. The molecule has 1 aromatic heterocycles. The number of halogens is 2. The molecule has 1 heterocycles. The number of aromatic nitrogens is 1. The van der Waals surface area contributed by atoms with Gasteiger partial charge in [0, 0.05) is 30.5 Å². The zero-order valence-electron chi connectivity index (χ0n) is 14.8. The Hall–Kier alpha value is -2.93. The number of nitriles is 1. The zero-order chi connectivity index (χ0) is 21.0. The maximum atomic E-state index is 12.5. The number of nitro groups is 1. The molecule has 9 nitrogen and oxygen atoms in total. The smallest absolute Gasteiger partial charge is 0.272 e. The van der Waals surface area contributed by atoms with E-state index in [1.807, 2.05) is 6.07 Å². The van der Waals surface area contributed by atoms with Gasteiger partial charge in [-0.3, -0.25) is 19.7 Å². The number of amides is 1. The number of nitrogens with one attached hydrogen (secondary N) is 1. The molecule has 1 aromatic carbocycles. The van der Waals surface area contributed by atoms with E-state index in [0.717, 1.165) is 16.7 Å². The number of ether oxygens (including phenoxy) is 1. The van der Waals surface area contributed by atoms with Crippen molar-refractivity contribution in [1.82, 2.24) is 4.57 Å². The molecule has 0 atom stereocenters. The third kappa shape index (κ3) is 4.48. The van der Waals surface area contributed by atoms with E-state index in [1.165, 1.54) is 7.11 Å². The van der Waals surface area contributed by atoms with Crippen molar-refractivity contribution in [3.63, 3.8) is 0 Å². The number of non-ortho nitro benzene ring substituents is 1. The number of hydrogen-bond acceptors (Lipinski definition) is 6. The summed E-state index contributed by atoms with van der Waals surface area (Å²) < 4.78 is 6.10. The van der Waals surface area contributed by atoms with Crippen molar-refractivity contribution in [3.05, 3.63) is 65.5 Å². The molecule has 146 valence electrons. The van der Waals surface area contributed by atoms with E-state index in [4.69, 9.17) is 27.9 Å². The second-order valence-electron chi connectivity index (χ2n) is 5.71. The fraction of sp³-hybridized carbons (Fsp3) is 0.235. The monoisotopic (exact) mass is 424 g/mol. The van der Waals surface area contributed by atoms with E-state index >= 15 is 0 Å². The topological polar surface area (TPSA) is 127 Å². The lowest BCUT2D eigenvalue weighted by Crippen LogP contribution is -2.31. The zero-order valence-corrected chi connectivity index (χ0v) is 16.3. The number of nitro benzene ring substituents is 1. The van der Waals surface area contributed by atoms with Crippen molar-refractivity contribution in [2.75, 3.05) is 12.4 Å². The minimum absolute atomic E-state index is 0.0128. The Balaban J connectivity index is 2.33. The van der Waals surface area contributed by atoms with Crippen LogP contribution in [0.25, 0.3) is 0 Å². The number of rotatable bonds is 6. The molecule has 0 spiro atoms. The first-order chi connectivity index (χ1) is 13.2. The predicted octanol–water partition coefficient (Wildman–Crippen LogP) is 3.03. The number of anilines is 1. The quantitative estimate of drug-likeness (QED) is 0.560. The van der Waals surface area contributed by atoms with E-state index in [-0.39, 0.29) is 33.6 Å². The second kappa shape index (κ2) is 8.84. The molecule has 0 saturated carbocycles. The summed E-state index contributed by atoms with van der Waals surface area (Å²) in [5.74, 6) is -0.647. The maximum Gasteiger partial charge on any atom is 0.272 e. The molecule has 0 radical (unpaired) electrons. The first kappa shape index (κ1) is 21.4. The minimum Gasteiger partial charge on any atom is -0.380 e. The van der Waals surface area contributed by atoms with E-state index < -0.39 is 22.9 Å². The summed E-state index contributed by atoms with van der Waals surface area (Å²) in [4.78, 5) is 35.1. The first-order valence-corrected chi connectivity index (χ1v) is 8.50. The Morgan fingerprint density at radius 3 is 2.46 bits per heavy atom. The highest BCUT2D eigenvalue weighted by Crippen LogP contribution is 2.34. The van der Waals surface area contributed by atoms with Crippen molar-refractivity contribution in [2.45, 2.75) is 20.1 Å². The molecule has 2 aromatic rings. The fourth-order valence-corrected chi connectivity index (χ4v) is 3.10. The van der Waals surface area contributed by atoms with Crippen LogP contribution in [0, 0.1) is 28.4 Å². The SMILES string of the molecule is COCc1cc(C)n(CC(=O)Nc2c(Cl)cc([N+](=O)[O-])cc2Cl)c(=O)c1C#N. The Morgan fingerprint density at radius 1 is 1.36 bits per heavy atom. The summed E-state index contributed by atoms with van der Waals surface area (Å²) in [5.41, 5.74) is -0.219. The number of carbonyl (C=O) groups is 1. The van der Waals surface area contributed by atoms with Gasteiger partial charge in [-0.25, -0.2) is 0 Å². The van der Waals surface area contributed by atoms with Gasteiger partial charge in [0.05, 0.1) is 27.3 Å². The lowest BCUT2D eigenvalue weighted by atomic mass is 10.1. The lowest BCUT2D eigenvalue weighted by Gasteiger charge is -2.14. The molecular formula is C17H14Cl2N4O5. The standard InChI is InChI=1S/C17H14Cl2N4O5/c1-9-3-10(8-28-2)12(6-20)17(25)22(9)7-15(24)21-16-13(18)4-11(23(26)27)5-14(16)19/h3-5H,7-8H2,1-2H3,(H,21,24). The summed E-state index contributed by atoms with van der Waals surface area (Å²) in [7, 11) is 1.44. The summed E-state index contributed by atoms with van der Waals surface area (Å²) >= 11 is 11.9. The molecule has 0 bridgehead atoms. The Labute approximate surface area is 169 Å². The highest BCUT2D eigenvalue weighted by Gasteiger charge is 2.19. The van der Waals surface area contributed by atoms with Gasteiger partial charge in [0.2, 0.25) is 5.91 Å².